The molecule has 146 valence electrons. The van der Waals surface area contributed by atoms with Crippen molar-refractivity contribution in [2.24, 2.45) is 17.8 Å². The first-order chi connectivity index (χ1) is 13.5. The van der Waals surface area contributed by atoms with Crippen molar-refractivity contribution >= 4 is 5.69 Å². The Hall–Kier alpha value is -2.43. The van der Waals surface area contributed by atoms with E-state index in [9.17, 15) is 14.5 Å². The Labute approximate surface area is 163 Å². The van der Waals surface area contributed by atoms with Gasteiger partial charge in [-0.2, -0.15) is 4.39 Å². The summed E-state index contributed by atoms with van der Waals surface area (Å²) in [7, 11) is 0. The van der Waals surface area contributed by atoms with Gasteiger partial charge < -0.3 is 4.74 Å². The quantitative estimate of drug-likeness (QED) is 0.487. The molecule has 0 unspecified atom stereocenters. The van der Waals surface area contributed by atoms with Gasteiger partial charge in [0.15, 0.2) is 0 Å². The molecule has 6 rings (SSSR count). The molecule has 4 fully saturated rings. The van der Waals surface area contributed by atoms with E-state index in [4.69, 9.17) is 4.74 Å². The van der Waals surface area contributed by atoms with Gasteiger partial charge in [-0.25, -0.2) is 0 Å². The lowest BCUT2D eigenvalue weighted by molar-refractivity contribution is -0.388. The predicted octanol–water partition coefficient (Wildman–Crippen LogP) is 5.78. The van der Waals surface area contributed by atoms with Crippen LogP contribution in [0.5, 0.6) is 5.75 Å². The summed E-state index contributed by atoms with van der Waals surface area (Å²) in [5, 5.41) is 11.7. The van der Waals surface area contributed by atoms with Crippen LogP contribution in [0, 0.1) is 33.7 Å². The summed E-state index contributed by atoms with van der Waals surface area (Å²) in [6.45, 7) is 0.199. The molecule has 4 saturated carbocycles. The van der Waals surface area contributed by atoms with Crippen molar-refractivity contribution < 1.29 is 14.1 Å². The SMILES string of the molecule is O=[N+]([O-])c1c(F)ccc(C23CC4CC(CC(C4)C2)C3)c1OCc1ccccc1. The van der Waals surface area contributed by atoms with Gasteiger partial charge in [0.1, 0.15) is 6.61 Å². The molecule has 0 radical (unpaired) electrons. The molecule has 2 aromatic carbocycles. The predicted molar refractivity (Wildman–Crippen MR) is 104 cm³/mol. The van der Waals surface area contributed by atoms with Crippen molar-refractivity contribution in [1.29, 1.82) is 0 Å². The van der Waals surface area contributed by atoms with Gasteiger partial charge in [-0.15, -0.1) is 0 Å². The van der Waals surface area contributed by atoms with Crippen molar-refractivity contribution in [3.63, 3.8) is 0 Å². The Kier molecular flexibility index (Phi) is 4.14. The summed E-state index contributed by atoms with van der Waals surface area (Å²) < 4.78 is 20.5. The molecule has 4 nitrogen and oxygen atoms in total. The largest absolute Gasteiger partial charge is 0.482 e. The molecule has 0 spiro atoms. The summed E-state index contributed by atoms with van der Waals surface area (Å²) in [6.07, 6.45) is 6.98. The zero-order valence-corrected chi connectivity index (χ0v) is 15.8. The highest BCUT2D eigenvalue weighted by Gasteiger charge is 2.53. The number of rotatable bonds is 5. The van der Waals surface area contributed by atoms with Gasteiger partial charge in [0, 0.05) is 11.0 Å². The number of ether oxygens (including phenoxy) is 1. The molecular formula is C23H24FNO3. The average molecular weight is 381 g/mol. The standard InChI is InChI=1S/C23H24FNO3/c24-20-7-6-19(23-11-16-8-17(12-23)10-18(9-16)13-23)22(21(20)25(26)27)28-14-15-4-2-1-3-5-15/h1-7,16-18H,8-14H2. The number of halogens is 1. The lowest BCUT2D eigenvalue weighted by atomic mass is 9.48. The van der Waals surface area contributed by atoms with Gasteiger partial charge in [-0.3, -0.25) is 10.1 Å². The highest BCUT2D eigenvalue weighted by atomic mass is 19.1. The number of nitro benzene ring substituents is 1. The van der Waals surface area contributed by atoms with Crippen LogP contribution >= 0.6 is 0 Å². The first-order valence-electron chi connectivity index (χ1n) is 10.2. The minimum absolute atomic E-state index is 0.0980. The molecular weight excluding hydrogens is 357 g/mol. The van der Waals surface area contributed by atoms with Gasteiger partial charge >= 0.3 is 5.69 Å². The summed E-state index contributed by atoms with van der Waals surface area (Å²) in [5.74, 6) is 1.41. The molecule has 0 atom stereocenters. The summed E-state index contributed by atoms with van der Waals surface area (Å²) >= 11 is 0. The number of nitro groups is 1. The molecule has 0 aliphatic heterocycles. The fraction of sp³-hybridized carbons (Fsp3) is 0.478. The van der Waals surface area contributed by atoms with Gasteiger partial charge in [0.05, 0.1) is 4.92 Å². The van der Waals surface area contributed by atoms with Gasteiger partial charge in [-0.05, 0) is 67.9 Å². The number of nitrogens with zero attached hydrogens (tertiary/aromatic N) is 1. The Morgan fingerprint density at radius 1 is 1.00 bits per heavy atom. The van der Waals surface area contributed by atoms with Crippen LogP contribution in [0.25, 0.3) is 0 Å². The van der Waals surface area contributed by atoms with E-state index in [0.717, 1.165) is 30.4 Å². The normalized spacial score (nSPS) is 30.4. The molecule has 4 bridgehead atoms. The van der Waals surface area contributed by atoms with E-state index >= 15 is 0 Å². The number of hydrogen-bond donors (Lipinski definition) is 0. The van der Waals surface area contributed by atoms with E-state index in [1.54, 1.807) is 6.07 Å². The van der Waals surface area contributed by atoms with E-state index < -0.39 is 16.4 Å². The Bertz CT molecular complexity index is 876. The van der Waals surface area contributed by atoms with Crippen LogP contribution in [0.4, 0.5) is 10.1 Å². The lowest BCUT2D eigenvalue weighted by Crippen LogP contribution is -2.48. The van der Waals surface area contributed by atoms with Crippen LogP contribution < -0.4 is 4.74 Å². The van der Waals surface area contributed by atoms with Crippen LogP contribution in [0.3, 0.4) is 0 Å². The maximum atomic E-state index is 14.5. The minimum atomic E-state index is -0.818. The number of benzene rings is 2. The van der Waals surface area contributed by atoms with Crippen molar-refractivity contribution in [2.45, 2.75) is 50.5 Å². The monoisotopic (exact) mass is 381 g/mol. The van der Waals surface area contributed by atoms with Gasteiger partial charge in [0.2, 0.25) is 11.6 Å². The number of hydrogen-bond acceptors (Lipinski definition) is 3. The lowest BCUT2D eigenvalue weighted by Gasteiger charge is -2.57. The molecule has 0 heterocycles. The fourth-order valence-electron chi connectivity index (χ4n) is 6.45. The summed E-state index contributed by atoms with van der Waals surface area (Å²) in [6, 6.07) is 12.6. The van der Waals surface area contributed by atoms with Crippen molar-refractivity contribution in [2.75, 3.05) is 0 Å². The van der Waals surface area contributed by atoms with Crippen LogP contribution in [-0.2, 0) is 12.0 Å². The van der Waals surface area contributed by atoms with E-state index in [1.165, 1.54) is 25.3 Å². The van der Waals surface area contributed by atoms with Gasteiger partial charge in [0.25, 0.3) is 0 Å². The summed E-state index contributed by atoms with van der Waals surface area (Å²) in [4.78, 5) is 11.1. The topological polar surface area (TPSA) is 52.4 Å². The second-order valence-corrected chi connectivity index (χ2v) is 9.00. The van der Waals surface area contributed by atoms with Crippen molar-refractivity contribution in [1.82, 2.24) is 0 Å². The van der Waals surface area contributed by atoms with Crippen molar-refractivity contribution in [3.05, 3.63) is 69.5 Å². The second kappa shape index (κ2) is 6.57. The molecule has 2 aromatic rings. The van der Waals surface area contributed by atoms with E-state index in [1.807, 2.05) is 30.3 Å². The minimum Gasteiger partial charge on any atom is -0.482 e. The molecule has 0 aromatic heterocycles. The first-order valence-corrected chi connectivity index (χ1v) is 10.2. The fourth-order valence-corrected chi connectivity index (χ4v) is 6.45. The molecule has 28 heavy (non-hydrogen) atoms. The third-order valence-corrected chi connectivity index (χ3v) is 7.10. The van der Waals surface area contributed by atoms with Crippen molar-refractivity contribution in [3.8, 4) is 5.75 Å². The third kappa shape index (κ3) is 2.88. The molecule has 0 N–H and O–H groups in total. The van der Waals surface area contributed by atoms with Crippen LogP contribution in [0.15, 0.2) is 42.5 Å². The highest BCUT2D eigenvalue weighted by molar-refractivity contribution is 5.56. The maximum Gasteiger partial charge on any atom is 0.346 e. The molecule has 5 heteroatoms. The Balaban J connectivity index is 1.58. The zero-order chi connectivity index (χ0) is 19.3. The smallest absolute Gasteiger partial charge is 0.346 e. The maximum absolute atomic E-state index is 14.5. The molecule has 4 aliphatic rings. The van der Waals surface area contributed by atoms with E-state index in [-0.39, 0.29) is 17.8 Å². The van der Waals surface area contributed by atoms with E-state index in [2.05, 4.69) is 0 Å². The van der Waals surface area contributed by atoms with Crippen LogP contribution in [0.1, 0.15) is 49.7 Å². The summed E-state index contributed by atoms with van der Waals surface area (Å²) in [5.41, 5.74) is 1.16. The second-order valence-electron chi connectivity index (χ2n) is 9.00. The molecule has 4 aliphatic carbocycles. The van der Waals surface area contributed by atoms with Crippen LogP contribution in [0.2, 0.25) is 0 Å². The van der Waals surface area contributed by atoms with Crippen LogP contribution in [-0.4, -0.2) is 4.92 Å². The first kappa shape index (κ1) is 17.7. The highest BCUT2D eigenvalue weighted by Crippen LogP contribution is 2.62. The van der Waals surface area contributed by atoms with Gasteiger partial charge in [-0.1, -0.05) is 36.4 Å². The molecule has 0 amide bonds. The molecule has 0 saturated heterocycles. The average Bonchev–Trinajstić information content (AvgIpc) is 2.65. The van der Waals surface area contributed by atoms with E-state index in [0.29, 0.717) is 17.8 Å². The third-order valence-electron chi connectivity index (χ3n) is 7.10. The zero-order valence-electron chi connectivity index (χ0n) is 15.8. The Morgan fingerprint density at radius 3 is 2.18 bits per heavy atom. The Morgan fingerprint density at radius 2 is 1.61 bits per heavy atom.